The van der Waals surface area contributed by atoms with Gasteiger partial charge in [0, 0.05) is 21.5 Å². The quantitative estimate of drug-likeness (QED) is 0.638. The van der Waals surface area contributed by atoms with Gasteiger partial charge in [-0.25, -0.2) is 4.98 Å². The monoisotopic (exact) mass is 331 g/mol. The van der Waals surface area contributed by atoms with Crippen molar-refractivity contribution in [2.75, 3.05) is 7.11 Å². The summed E-state index contributed by atoms with van der Waals surface area (Å²) in [6.07, 6.45) is 0. The first-order valence-electron chi connectivity index (χ1n) is 6.53. The second-order valence-electron chi connectivity index (χ2n) is 4.72. The Morgan fingerprint density at radius 1 is 1.14 bits per heavy atom. The van der Waals surface area contributed by atoms with Crippen molar-refractivity contribution in [3.63, 3.8) is 0 Å². The van der Waals surface area contributed by atoms with Gasteiger partial charge in [0.2, 0.25) is 0 Å². The molecule has 3 nitrogen and oxygen atoms in total. The summed E-state index contributed by atoms with van der Waals surface area (Å²) >= 11 is 11.7. The van der Waals surface area contributed by atoms with E-state index in [9.17, 15) is 4.79 Å². The maximum atomic E-state index is 11.7. The van der Waals surface area contributed by atoms with Crippen molar-refractivity contribution in [1.82, 2.24) is 4.98 Å². The van der Waals surface area contributed by atoms with E-state index in [1.165, 1.54) is 0 Å². The summed E-state index contributed by atoms with van der Waals surface area (Å²) in [5.74, 6) is 0.717. The van der Waals surface area contributed by atoms with Gasteiger partial charge in [0.05, 0.1) is 18.3 Å². The van der Waals surface area contributed by atoms with E-state index < -0.39 is 5.24 Å². The van der Waals surface area contributed by atoms with Crippen LogP contribution in [0.2, 0.25) is 5.02 Å². The van der Waals surface area contributed by atoms with Crippen LogP contribution in [0.4, 0.5) is 0 Å². The van der Waals surface area contributed by atoms with E-state index in [1.807, 2.05) is 24.3 Å². The molecule has 0 saturated carbocycles. The molecule has 0 spiro atoms. The standard InChI is InChI=1S/C17H11Cl2NO2/c1-22-12-4-2-3-10(7-12)16-9-14(17(19)21)13-8-11(18)5-6-15(13)20-16/h2-9H,1H3. The van der Waals surface area contributed by atoms with Gasteiger partial charge in [-0.1, -0.05) is 23.7 Å². The highest BCUT2D eigenvalue weighted by atomic mass is 35.5. The molecule has 0 saturated heterocycles. The molecule has 110 valence electrons. The van der Waals surface area contributed by atoms with Gasteiger partial charge in [-0.3, -0.25) is 4.79 Å². The Bertz CT molecular complexity index is 878. The molecule has 5 heteroatoms. The average Bonchev–Trinajstić information content (AvgIpc) is 2.53. The van der Waals surface area contributed by atoms with Crippen molar-refractivity contribution in [3.8, 4) is 17.0 Å². The molecule has 0 amide bonds. The molecule has 0 bridgehead atoms. The van der Waals surface area contributed by atoms with Gasteiger partial charge in [0.25, 0.3) is 5.24 Å². The van der Waals surface area contributed by atoms with Crippen LogP contribution >= 0.6 is 23.2 Å². The minimum Gasteiger partial charge on any atom is -0.497 e. The lowest BCUT2D eigenvalue weighted by molar-refractivity contribution is 0.108. The molecule has 3 rings (SSSR count). The number of rotatable bonds is 3. The van der Waals surface area contributed by atoms with Gasteiger partial charge < -0.3 is 4.74 Å². The molecule has 0 unspecified atom stereocenters. The summed E-state index contributed by atoms with van der Waals surface area (Å²) in [5, 5.41) is 0.626. The Morgan fingerprint density at radius 3 is 2.68 bits per heavy atom. The number of hydrogen-bond acceptors (Lipinski definition) is 3. The number of nitrogens with zero attached hydrogens (tertiary/aromatic N) is 1. The SMILES string of the molecule is COc1cccc(-c2cc(C(=O)Cl)c3cc(Cl)ccc3n2)c1. The Balaban J connectivity index is 2.26. The van der Waals surface area contributed by atoms with Crippen LogP contribution in [0, 0.1) is 0 Å². The van der Waals surface area contributed by atoms with Crippen LogP contribution in [-0.2, 0) is 0 Å². The molecule has 0 fully saturated rings. The third kappa shape index (κ3) is 2.78. The molecule has 0 radical (unpaired) electrons. The van der Waals surface area contributed by atoms with Crippen LogP contribution in [0.15, 0.2) is 48.5 Å². The third-order valence-corrected chi connectivity index (χ3v) is 3.79. The van der Waals surface area contributed by atoms with Crippen LogP contribution in [0.3, 0.4) is 0 Å². The second kappa shape index (κ2) is 5.95. The molecule has 3 aromatic rings. The fourth-order valence-electron chi connectivity index (χ4n) is 2.29. The van der Waals surface area contributed by atoms with Crippen LogP contribution < -0.4 is 4.74 Å². The summed E-state index contributed by atoms with van der Waals surface area (Å²) in [5.41, 5.74) is 2.54. The lowest BCUT2D eigenvalue weighted by atomic mass is 10.0. The van der Waals surface area contributed by atoms with Gasteiger partial charge in [-0.2, -0.15) is 0 Å². The van der Waals surface area contributed by atoms with E-state index in [-0.39, 0.29) is 0 Å². The predicted molar refractivity (Wildman–Crippen MR) is 88.9 cm³/mol. The number of fused-ring (bicyclic) bond motifs is 1. The van der Waals surface area contributed by atoms with E-state index >= 15 is 0 Å². The largest absolute Gasteiger partial charge is 0.497 e. The molecular formula is C17H11Cl2NO2. The highest BCUT2D eigenvalue weighted by Gasteiger charge is 2.13. The molecule has 0 atom stereocenters. The molecule has 0 aliphatic rings. The fourth-order valence-corrected chi connectivity index (χ4v) is 2.62. The molecule has 0 N–H and O–H groups in total. The molecular weight excluding hydrogens is 321 g/mol. The van der Waals surface area contributed by atoms with Gasteiger partial charge >= 0.3 is 0 Å². The summed E-state index contributed by atoms with van der Waals surface area (Å²) in [4.78, 5) is 16.3. The number of aromatic nitrogens is 1. The normalized spacial score (nSPS) is 10.7. The van der Waals surface area contributed by atoms with Crippen LogP contribution in [-0.4, -0.2) is 17.3 Å². The van der Waals surface area contributed by atoms with Gasteiger partial charge in [-0.15, -0.1) is 0 Å². The van der Waals surface area contributed by atoms with E-state index in [2.05, 4.69) is 4.98 Å². The summed E-state index contributed by atoms with van der Waals surface area (Å²) in [7, 11) is 1.60. The molecule has 0 aliphatic heterocycles. The molecule has 22 heavy (non-hydrogen) atoms. The van der Waals surface area contributed by atoms with Crippen molar-refractivity contribution in [2.45, 2.75) is 0 Å². The van der Waals surface area contributed by atoms with Crippen LogP contribution in [0.25, 0.3) is 22.2 Å². The third-order valence-electron chi connectivity index (χ3n) is 3.35. The van der Waals surface area contributed by atoms with Crippen molar-refractivity contribution >= 4 is 39.3 Å². The lowest BCUT2D eigenvalue weighted by Crippen LogP contribution is -1.96. The van der Waals surface area contributed by atoms with Crippen molar-refractivity contribution < 1.29 is 9.53 Å². The summed E-state index contributed by atoms with van der Waals surface area (Å²) < 4.78 is 5.22. The highest BCUT2D eigenvalue weighted by Crippen LogP contribution is 2.29. The molecule has 1 heterocycles. The van der Waals surface area contributed by atoms with E-state index in [0.29, 0.717) is 32.9 Å². The van der Waals surface area contributed by atoms with Gasteiger partial charge in [0.15, 0.2) is 0 Å². The van der Waals surface area contributed by atoms with E-state index in [1.54, 1.807) is 31.4 Å². The smallest absolute Gasteiger partial charge is 0.253 e. The number of hydrogen-bond donors (Lipinski definition) is 0. The lowest BCUT2D eigenvalue weighted by Gasteiger charge is -2.08. The molecule has 2 aromatic carbocycles. The summed E-state index contributed by atoms with van der Waals surface area (Å²) in [6, 6.07) is 14.3. The van der Waals surface area contributed by atoms with E-state index in [4.69, 9.17) is 27.9 Å². The average molecular weight is 332 g/mol. The number of ether oxygens (including phenoxy) is 1. The Kier molecular flexibility index (Phi) is 4.01. The summed E-state index contributed by atoms with van der Waals surface area (Å²) in [6.45, 7) is 0. The number of carbonyl (C=O) groups excluding carboxylic acids is 1. The number of halogens is 2. The highest BCUT2D eigenvalue weighted by molar-refractivity contribution is 6.68. The second-order valence-corrected chi connectivity index (χ2v) is 5.50. The minimum absolute atomic E-state index is 0.381. The zero-order valence-corrected chi connectivity index (χ0v) is 13.2. The van der Waals surface area contributed by atoms with Crippen molar-refractivity contribution in [3.05, 3.63) is 59.1 Å². The van der Waals surface area contributed by atoms with Gasteiger partial charge in [-0.05, 0) is 48.0 Å². The first-order chi connectivity index (χ1) is 10.6. The van der Waals surface area contributed by atoms with Crippen LogP contribution in [0.5, 0.6) is 5.75 Å². The predicted octanol–water partition coefficient (Wildman–Crippen LogP) is 4.94. The Hall–Kier alpha value is -2.10. The zero-order valence-electron chi connectivity index (χ0n) is 11.6. The zero-order chi connectivity index (χ0) is 15.7. The molecule has 1 aromatic heterocycles. The van der Waals surface area contributed by atoms with Crippen molar-refractivity contribution in [1.29, 1.82) is 0 Å². The first kappa shape index (κ1) is 14.8. The van der Waals surface area contributed by atoms with Gasteiger partial charge in [0.1, 0.15) is 5.75 Å². The minimum atomic E-state index is -0.543. The topological polar surface area (TPSA) is 39.2 Å². The maximum absolute atomic E-state index is 11.7. The first-order valence-corrected chi connectivity index (χ1v) is 7.28. The Labute approximate surface area is 137 Å². The number of pyridine rings is 1. The maximum Gasteiger partial charge on any atom is 0.253 e. The van der Waals surface area contributed by atoms with Crippen molar-refractivity contribution in [2.24, 2.45) is 0 Å². The van der Waals surface area contributed by atoms with E-state index in [0.717, 1.165) is 5.56 Å². The number of methoxy groups -OCH3 is 1. The molecule has 0 aliphatic carbocycles. The Morgan fingerprint density at radius 2 is 1.95 bits per heavy atom. The number of carbonyl (C=O) groups is 1. The number of benzene rings is 2. The fraction of sp³-hybridized carbons (Fsp3) is 0.0588. The van der Waals surface area contributed by atoms with Crippen LogP contribution in [0.1, 0.15) is 10.4 Å².